The van der Waals surface area contributed by atoms with Crippen molar-refractivity contribution in [1.82, 2.24) is 10.2 Å². The smallest absolute Gasteiger partial charge is 0.493 e. The Hall–Kier alpha value is -3.95. The van der Waals surface area contributed by atoms with Crippen LogP contribution in [0.15, 0.2) is 48.5 Å². The lowest BCUT2D eigenvalue weighted by Crippen LogP contribution is -2.74. The van der Waals surface area contributed by atoms with Crippen molar-refractivity contribution in [2.75, 3.05) is 20.8 Å². The number of carbonyl (C=O) groups is 3. The summed E-state index contributed by atoms with van der Waals surface area (Å²) < 4.78 is 25.9. The molecule has 33 heavy (non-hydrogen) atoms. The van der Waals surface area contributed by atoms with Crippen molar-refractivity contribution >= 4 is 18.2 Å². The third kappa shape index (κ3) is 4.79. The number of hydrogen-bond acceptors (Lipinski definition) is 8. The van der Waals surface area contributed by atoms with Crippen molar-refractivity contribution in [2.45, 2.75) is 31.3 Å². The summed E-state index contributed by atoms with van der Waals surface area (Å²) in [6.07, 6.45) is -2.26. The number of rotatable bonds is 8. The van der Waals surface area contributed by atoms with E-state index >= 15 is 0 Å². The summed E-state index contributed by atoms with van der Waals surface area (Å²) in [6.45, 7) is 0.265. The number of amides is 2. The highest BCUT2D eigenvalue weighted by Gasteiger charge is 2.55. The van der Waals surface area contributed by atoms with Gasteiger partial charge < -0.3 is 33.9 Å². The van der Waals surface area contributed by atoms with Crippen LogP contribution in [0.4, 0.5) is 9.59 Å². The highest BCUT2D eigenvalue weighted by molar-refractivity contribution is 5.92. The lowest BCUT2D eigenvalue weighted by molar-refractivity contribution is -0.158. The standard InChI is InChI=1S/C23H24N2O8/c1-29-16-9-8-15(10-17(16)30-2)11-25-20(18-13-32-23(28)33-18)19(21(25)26)24-22(27)31-12-14-6-4-3-5-7-14/h3-10,18-20H,11-13H2,1-2H3,(H,24,27)/t18-,19-,20+/m0/s1. The second-order valence-electron chi connectivity index (χ2n) is 7.55. The minimum Gasteiger partial charge on any atom is -0.493 e. The van der Waals surface area contributed by atoms with Crippen molar-refractivity contribution in [3.63, 3.8) is 0 Å². The molecule has 2 aliphatic heterocycles. The molecule has 0 saturated carbocycles. The van der Waals surface area contributed by atoms with Gasteiger partial charge in [-0.05, 0) is 23.3 Å². The van der Waals surface area contributed by atoms with Gasteiger partial charge in [-0.1, -0.05) is 36.4 Å². The summed E-state index contributed by atoms with van der Waals surface area (Å²) in [5, 5.41) is 2.59. The van der Waals surface area contributed by atoms with Gasteiger partial charge in [0.25, 0.3) is 0 Å². The lowest BCUT2D eigenvalue weighted by atomic mass is 9.89. The van der Waals surface area contributed by atoms with E-state index in [0.717, 1.165) is 11.1 Å². The Morgan fingerprint density at radius 2 is 1.82 bits per heavy atom. The molecule has 0 radical (unpaired) electrons. The predicted octanol–water partition coefficient (Wildman–Crippen LogP) is 2.25. The van der Waals surface area contributed by atoms with E-state index in [1.54, 1.807) is 18.2 Å². The number of nitrogens with zero attached hydrogens (tertiary/aromatic N) is 1. The fourth-order valence-corrected chi connectivity index (χ4v) is 3.89. The van der Waals surface area contributed by atoms with Gasteiger partial charge in [-0.15, -0.1) is 0 Å². The van der Waals surface area contributed by atoms with E-state index in [1.807, 2.05) is 30.3 Å². The number of likely N-dealkylation sites (tertiary alicyclic amines) is 1. The fourth-order valence-electron chi connectivity index (χ4n) is 3.89. The van der Waals surface area contributed by atoms with E-state index in [4.69, 9.17) is 23.7 Å². The van der Waals surface area contributed by atoms with Crippen molar-refractivity contribution in [3.05, 3.63) is 59.7 Å². The molecule has 174 valence electrons. The Balaban J connectivity index is 1.45. The quantitative estimate of drug-likeness (QED) is 0.475. The normalized spacial score (nSPS) is 21.5. The Kier molecular flexibility index (Phi) is 6.53. The van der Waals surface area contributed by atoms with Crippen LogP contribution >= 0.6 is 0 Å². The monoisotopic (exact) mass is 456 g/mol. The van der Waals surface area contributed by atoms with Gasteiger partial charge in [0.15, 0.2) is 17.6 Å². The average molecular weight is 456 g/mol. The first-order chi connectivity index (χ1) is 16.0. The molecule has 0 bridgehead atoms. The zero-order valence-electron chi connectivity index (χ0n) is 18.2. The second-order valence-corrected chi connectivity index (χ2v) is 7.55. The van der Waals surface area contributed by atoms with Crippen LogP contribution in [-0.2, 0) is 32.2 Å². The second kappa shape index (κ2) is 9.68. The number of cyclic esters (lactones) is 2. The van der Waals surface area contributed by atoms with Crippen molar-refractivity contribution in [1.29, 1.82) is 0 Å². The first kappa shape index (κ1) is 22.3. The number of benzene rings is 2. The van der Waals surface area contributed by atoms with Gasteiger partial charge in [0, 0.05) is 6.54 Å². The van der Waals surface area contributed by atoms with Crippen molar-refractivity contribution < 1.29 is 38.1 Å². The summed E-state index contributed by atoms with van der Waals surface area (Å²) in [7, 11) is 3.06. The number of ether oxygens (including phenoxy) is 5. The highest BCUT2D eigenvalue weighted by atomic mass is 16.8. The van der Waals surface area contributed by atoms with Gasteiger partial charge in [0.2, 0.25) is 5.91 Å². The summed E-state index contributed by atoms with van der Waals surface area (Å²) in [5.41, 5.74) is 1.60. The Morgan fingerprint density at radius 3 is 2.48 bits per heavy atom. The van der Waals surface area contributed by atoms with Crippen LogP contribution in [0.25, 0.3) is 0 Å². The van der Waals surface area contributed by atoms with Gasteiger partial charge in [-0.2, -0.15) is 0 Å². The average Bonchev–Trinajstić information content (AvgIpc) is 3.27. The molecule has 2 amide bonds. The number of carbonyl (C=O) groups excluding carboxylic acids is 3. The molecule has 10 nitrogen and oxygen atoms in total. The molecule has 2 aromatic rings. The van der Waals surface area contributed by atoms with Gasteiger partial charge in [0.05, 0.1) is 14.2 Å². The lowest BCUT2D eigenvalue weighted by Gasteiger charge is -2.48. The van der Waals surface area contributed by atoms with Gasteiger partial charge >= 0.3 is 12.2 Å². The summed E-state index contributed by atoms with van der Waals surface area (Å²) in [5.74, 6) is 0.760. The van der Waals surface area contributed by atoms with Crippen LogP contribution in [0, 0.1) is 0 Å². The molecular formula is C23H24N2O8. The fraction of sp³-hybridized carbons (Fsp3) is 0.348. The van der Waals surface area contributed by atoms with E-state index in [1.165, 1.54) is 19.1 Å². The van der Waals surface area contributed by atoms with Crippen molar-refractivity contribution in [2.24, 2.45) is 0 Å². The number of β-lactam (4-membered cyclic amide) rings is 1. The molecule has 0 aromatic heterocycles. The summed E-state index contributed by atoms with van der Waals surface area (Å²) >= 11 is 0. The summed E-state index contributed by atoms with van der Waals surface area (Å²) in [4.78, 5) is 38.3. The maximum absolute atomic E-state index is 12.9. The molecule has 3 atom stereocenters. The third-order valence-electron chi connectivity index (χ3n) is 5.53. The molecular weight excluding hydrogens is 432 g/mol. The number of alkyl carbamates (subject to hydrolysis) is 1. The Bertz CT molecular complexity index is 1030. The Labute approximate surface area is 190 Å². The highest BCUT2D eigenvalue weighted by Crippen LogP contribution is 2.32. The molecule has 2 heterocycles. The third-order valence-corrected chi connectivity index (χ3v) is 5.53. The molecule has 2 aliphatic rings. The molecule has 0 spiro atoms. The maximum Gasteiger partial charge on any atom is 0.508 e. The van der Waals surface area contributed by atoms with E-state index in [-0.39, 0.29) is 25.7 Å². The molecule has 1 N–H and O–H groups in total. The molecule has 10 heteroatoms. The predicted molar refractivity (Wildman–Crippen MR) is 114 cm³/mol. The summed E-state index contributed by atoms with van der Waals surface area (Å²) in [6, 6.07) is 13.0. The van der Waals surface area contributed by atoms with E-state index in [2.05, 4.69) is 5.32 Å². The minimum absolute atomic E-state index is 0.0174. The minimum atomic E-state index is -0.909. The molecule has 2 saturated heterocycles. The van der Waals surface area contributed by atoms with E-state index in [0.29, 0.717) is 11.5 Å². The Morgan fingerprint density at radius 1 is 1.06 bits per heavy atom. The van der Waals surface area contributed by atoms with Gasteiger partial charge in [-0.25, -0.2) is 9.59 Å². The first-order valence-electron chi connectivity index (χ1n) is 10.3. The molecule has 2 fully saturated rings. The van der Waals surface area contributed by atoms with Gasteiger partial charge in [-0.3, -0.25) is 4.79 Å². The van der Waals surface area contributed by atoms with Crippen LogP contribution in [-0.4, -0.2) is 62.1 Å². The SMILES string of the molecule is COc1ccc(CN2C(=O)[C@@H](NC(=O)OCc3ccccc3)[C@H]2[C@@H]2COC(=O)O2)cc1OC. The maximum atomic E-state index is 12.9. The molecule has 0 unspecified atom stereocenters. The van der Waals surface area contributed by atoms with E-state index < -0.39 is 30.4 Å². The van der Waals surface area contributed by atoms with E-state index in [9.17, 15) is 14.4 Å². The molecule has 4 rings (SSSR count). The first-order valence-corrected chi connectivity index (χ1v) is 10.3. The van der Waals surface area contributed by atoms with Crippen LogP contribution in [0.1, 0.15) is 11.1 Å². The largest absolute Gasteiger partial charge is 0.508 e. The van der Waals surface area contributed by atoms with Crippen molar-refractivity contribution in [3.8, 4) is 11.5 Å². The zero-order chi connectivity index (χ0) is 23.4. The van der Waals surface area contributed by atoms with Gasteiger partial charge in [0.1, 0.15) is 25.3 Å². The zero-order valence-corrected chi connectivity index (χ0v) is 18.2. The van der Waals surface area contributed by atoms with Crippen LogP contribution in [0.3, 0.4) is 0 Å². The van der Waals surface area contributed by atoms with Crippen LogP contribution in [0.5, 0.6) is 11.5 Å². The number of methoxy groups -OCH3 is 2. The molecule has 0 aliphatic carbocycles. The van der Waals surface area contributed by atoms with Crippen LogP contribution in [0.2, 0.25) is 0 Å². The van der Waals surface area contributed by atoms with Crippen LogP contribution < -0.4 is 14.8 Å². The molecule has 2 aromatic carbocycles. The number of hydrogen-bond donors (Lipinski definition) is 1. The topological polar surface area (TPSA) is 113 Å². The number of nitrogens with one attached hydrogen (secondary N) is 1.